The van der Waals surface area contributed by atoms with Gasteiger partial charge in [0.05, 0.1) is 10.6 Å². The van der Waals surface area contributed by atoms with Crippen molar-refractivity contribution >= 4 is 15.7 Å². The maximum Gasteiger partial charge on any atom is 0.223 e. The maximum atomic E-state index is 12.2. The highest BCUT2D eigenvalue weighted by atomic mass is 32.2. The molecule has 1 aliphatic carbocycles. The van der Waals surface area contributed by atoms with Gasteiger partial charge in [-0.25, -0.2) is 8.42 Å². The first-order valence-electron chi connectivity index (χ1n) is 7.81. The van der Waals surface area contributed by atoms with Crippen LogP contribution in [0, 0.1) is 0 Å². The van der Waals surface area contributed by atoms with Crippen molar-refractivity contribution in [3.63, 3.8) is 0 Å². The topological polar surface area (TPSA) is 54.5 Å². The van der Waals surface area contributed by atoms with Crippen molar-refractivity contribution in [2.24, 2.45) is 0 Å². The number of amides is 1. The summed E-state index contributed by atoms with van der Waals surface area (Å²) in [7, 11) is -3.37. The Kier molecular flexibility index (Phi) is 4.34. The Balaban J connectivity index is 1.53. The molecule has 1 aromatic carbocycles. The van der Waals surface area contributed by atoms with Gasteiger partial charge >= 0.3 is 0 Å². The third-order valence-electron chi connectivity index (χ3n) is 4.41. The predicted octanol–water partition coefficient (Wildman–Crippen LogP) is 2.56. The van der Waals surface area contributed by atoms with Crippen molar-refractivity contribution in [2.45, 2.75) is 37.0 Å². The number of hydrogen-bond donors (Lipinski definition) is 0. The number of sulfone groups is 1. The second kappa shape index (κ2) is 6.24. The molecule has 0 bridgehead atoms. The molecule has 0 atom stereocenters. The molecule has 1 heterocycles. The van der Waals surface area contributed by atoms with Crippen LogP contribution >= 0.6 is 0 Å². The van der Waals surface area contributed by atoms with Crippen molar-refractivity contribution in [2.75, 3.05) is 18.8 Å². The molecule has 2 fully saturated rings. The fraction of sp³-hybridized carbons (Fsp3) is 0.471. The normalized spacial score (nSPS) is 18.5. The number of likely N-dealkylation sites (tertiary alicyclic amines) is 1. The average Bonchev–Trinajstić information content (AvgIpc) is 3.39. The summed E-state index contributed by atoms with van der Waals surface area (Å²) in [6.07, 6.45) is 4.47. The summed E-state index contributed by atoms with van der Waals surface area (Å²) in [5.74, 6) is -0.153. The van der Waals surface area contributed by atoms with E-state index in [0.29, 0.717) is 4.90 Å². The molecule has 1 amide bonds. The van der Waals surface area contributed by atoms with E-state index in [4.69, 9.17) is 0 Å². The fourth-order valence-corrected chi connectivity index (χ4v) is 4.17. The Bertz CT molecular complexity index is 676. The van der Waals surface area contributed by atoms with Crippen LogP contribution < -0.4 is 0 Å². The molecule has 1 aliphatic heterocycles. The van der Waals surface area contributed by atoms with Gasteiger partial charge in [-0.15, -0.1) is 0 Å². The van der Waals surface area contributed by atoms with E-state index < -0.39 is 9.84 Å². The van der Waals surface area contributed by atoms with Crippen LogP contribution in [-0.2, 0) is 14.6 Å². The van der Waals surface area contributed by atoms with Gasteiger partial charge in [0.1, 0.15) is 0 Å². The number of carbonyl (C=O) groups is 1. The minimum absolute atomic E-state index is 0.0423. The van der Waals surface area contributed by atoms with Gasteiger partial charge in [-0.05, 0) is 37.8 Å². The van der Waals surface area contributed by atoms with Crippen LogP contribution in [0.25, 0.3) is 0 Å². The van der Waals surface area contributed by atoms with Crippen molar-refractivity contribution < 1.29 is 13.2 Å². The van der Waals surface area contributed by atoms with Crippen molar-refractivity contribution in [1.82, 2.24) is 4.90 Å². The zero-order chi connectivity index (χ0) is 15.6. The third kappa shape index (κ3) is 3.58. The van der Waals surface area contributed by atoms with Gasteiger partial charge in [-0.2, -0.15) is 0 Å². The summed E-state index contributed by atoms with van der Waals surface area (Å²) in [6.45, 7) is 1.48. The monoisotopic (exact) mass is 319 g/mol. The molecule has 0 aromatic heterocycles. The molecule has 4 nitrogen and oxygen atoms in total. The van der Waals surface area contributed by atoms with Crippen molar-refractivity contribution in [3.8, 4) is 0 Å². The van der Waals surface area contributed by atoms with Crippen LogP contribution in [0.2, 0.25) is 0 Å². The fourth-order valence-electron chi connectivity index (χ4n) is 2.92. The molecular weight excluding hydrogens is 298 g/mol. The van der Waals surface area contributed by atoms with E-state index in [1.807, 2.05) is 4.90 Å². The lowest BCUT2D eigenvalue weighted by Crippen LogP contribution is -2.37. The number of rotatable bonds is 4. The molecule has 1 saturated heterocycles. The van der Waals surface area contributed by atoms with Crippen molar-refractivity contribution in [3.05, 3.63) is 41.5 Å². The highest BCUT2D eigenvalue weighted by Crippen LogP contribution is 2.36. The number of allylic oxidation sites excluding steroid dienone is 1. The van der Waals surface area contributed by atoms with Gasteiger partial charge in [0.15, 0.2) is 9.84 Å². The quantitative estimate of drug-likeness (QED) is 0.802. The summed E-state index contributed by atoms with van der Waals surface area (Å²) >= 11 is 0. The number of nitrogens with zero attached hydrogens (tertiary/aromatic N) is 1. The van der Waals surface area contributed by atoms with E-state index in [0.717, 1.165) is 25.9 Å². The van der Waals surface area contributed by atoms with E-state index in [-0.39, 0.29) is 18.1 Å². The molecule has 118 valence electrons. The second-order valence-corrected chi connectivity index (χ2v) is 8.08. The van der Waals surface area contributed by atoms with Crippen LogP contribution in [0.4, 0.5) is 0 Å². The summed E-state index contributed by atoms with van der Waals surface area (Å²) in [5.41, 5.74) is 3.11. The molecule has 1 saturated carbocycles. The van der Waals surface area contributed by atoms with Gasteiger partial charge in [0.25, 0.3) is 0 Å². The largest absolute Gasteiger partial charge is 0.342 e. The molecule has 0 spiro atoms. The summed E-state index contributed by atoms with van der Waals surface area (Å²) in [4.78, 5) is 14.3. The number of carbonyl (C=O) groups excluding carboxylic acids is 1. The minimum atomic E-state index is -3.37. The Morgan fingerprint density at radius 2 is 1.55 bits per heavy atom. The standard InChI is InChI=1S/C17H21NO3S/c19-17(18-11-8-15(9-12-18)14-6-7-14)10-13-22(20,21)16-4-2-1-3-5-16/h1-5H,6-13H2. The predicted molar refractivity (Wildman–Crippen MR) is 85.2 cm³/mol. The number of hydrogen-bond acceptors (Lipinski definition) is 3. The Morgan fingerprint density at radius 3 is 2.14 bits per heavy atom. The van der Waals surface area contributed by atoms with Crippen LogP contribution in [0.5, 0.6) is 0 Å². The molecule has 22 heavy (non-hydrogen) atoms. The lowest BCUT2D eigenvalue weighted by Gasteiger charge is -2.28. The summed E-state index contributed by atoms with van der Waals surface area (Å²) < 4.78 is 24.4. The van der Waals surface area contributed by atoms with Gasteiger partial charge in [0, 0.05) is 19.5 Å². The van der Waals surface area contributed by atoms with E-state index in [1.165, 1.54) is 18.4 Å². The van der Waals surface area contributed by atoms with Crippen LogP contribution in [0.15, 0.2) is 46.4 Å². The molecule has 3 rings (SSSR count). The molecule has 0 unspecified atom stereocenters. The van der Waals surface area contributed by atoms with Gasteiger partial charge < -0.3 is 4.90 Å². The molecule has 2 aliphatic rings. The van der Waals surface area contributed by atoms with Crippen molar-refractivity contribution in [1.29, 1.82) is 0 Å². The van der Waals surface area contributed by atoms with E-state index in [1.54, 1.807) is 35.9 Å². The van der Waals surface area contributed by atoms with E-state index >= 15 is 0 Å². The van der Waals surface area contributed by atoms with E-state index in [2.05, 4.69) is 0 Å². The smallest absolute Gasteiger partial charge is 0.223 e. The molecule has 5 heteroatoms. The lowest BCUT2D eigenvalue weighted by molar-refractivity contribution is -0.131. The average molecular weight is 319 g/mol. The van der Waals surface area contributed by atoms with Gasteiger partial charge in [0.2, 0.25) is 5.91 Å². The highest BCUT2D eigenvalue weighted by molar-refractivity contribution is 7.91. The lowest BCUT2D eigenvalue weighted by atomic mass is 10.0. The maximum absolute atomic E-state index is 12.2. The Hall–Kier alpha value is -1.62. The Labute approximate surface area is 131 Å². The minimum Gasteiger partial charge on any atom is -0.342 e. The van der Waals surface area contributed by atoms with Crippen LogP contribution in [-0.4, -0.2) is 38.1 Å². The van der Waals surface area contributed by atoms with Crippen LogP contribution in [0.1, 0.15) is 32.1 Å². The third-order valence-corrected chi connectivity index (χ3v) is 6.14. The van der Waals surface area contributed by atoms with E-state index in [9.17, 15) is 13.2 Å². The summed E-state index contributed by atoms with van der Waals surface area (Å²) in [5, 5.41) is 0. The first-order chi connectivity index (χ1) is 10.6. The van der Waals surface area contributed by atoms with Crippen LogP contribution in [0.3, 0.4) is 0 Å². The Morgan fingerprint density at radius 1 is 0.955 bits per heavy atom. The molecule has 0 N–H and O–H groups in total. The first kappa shape index (κ1) is 15.3. The molecule has 1 aromatic rings. The second-order valence-electron chi connectivity index (χ2n) is 5.97. The first-order valence-corrected chi connectivity index (χ1v) is 9.47. The number of benzene rings is 1. The molecule has 0 radical (unpaired) electrons. The zero-order valence-corrected chi connectivity index (χ0v) is 13.4. The van der Waals surface area contributed by atoms with Gasteiger partial charge in [-0.1, -0.05) is 29.3 Å². The SMILES string of the molecule is O=C(CCS(=O)(=O)c1ccccc1)N1CCC(=C2CC2)CC1. The highest BCUT2D eigenvalue weighted by Gasteiger charge is 2.25. The zero-order valence-electron chi connectivity index (χ0n) is 12.6. The summed E-state index contributed by atoms with van der Waals surface area (Å²) in [6, 6.07) is 8.34. The molecular formula is C17H21NO3S. The number of piperidine rings is 1. The van der Waals surface area contributed by atoms with Gasteiger partial charge in [-0.3, -0.25) is 4.79 Å².